The number of hydrogen-bond donors (Lipinski definition) is 2. The first-order valence-electron chi connectivity index (χ1n) is 13.1. The van der Waals surface area contributed by atoms with Crippen molar-refractivity contribution in [2.24, 2.45) is 5.92 Å². The fourth-order valence-corrected chi connectivity index (χ4v) is 5.36. The van der Waals surface area contributed by atoms with Gasteiger partial charge in [-0.2, -0.15) is 0 Å². The molecule has 1 aliphatic carbocycles. The topological polar surface area (TPSA) is 97.8 Å². The van der Waals surface area contributed by atoms with Gasteiger partial charge in [-0.25, -0.2) is 14.8 Å². The van der Waals surface area contributed by atoms with Crippen LogP contribution in [0.1, 0.15) is 38.5 Å². The van der Waals surface area contributed by atoms with Crippen LogP contribution in [0.5, 0.6) is 23.1 Å². The molecular formula is C28H35N5O4. The molecule has 1 aliphatic heterocycles. The number of benzene rings is 2. The lowest BCUT2D eigenvalue weighted by molar-refractivity contribution is 0.227. The third-order valence-electron chi connectivity index (χ3n) is 7.28. The number of amides is 2. The number of methoxy groups -OCH3 is 2. The van der Waals surface area contributed by atoms with Crippen LogP contribution in [0.2, 0.25) is 0 Å². The zero-order valence-electron chi connectivity index (χ0n) is 21.5. The number of rotatable bonds is 8. The molecule has 9 nitrogen and oxygen atoms in total. The molecule has 5 rings (SSSR count). The largest absolute Gasteiger partial charge is 0.493 e. The van der Waals surface area contributed by atoms with Crippen molar-refractivity contribution in [3.05, 3.63) is 42.7 Å². The fourth-order valence-electron chi connectivity index (χ4n) is 5.36. The third kappa shape index (κ3) is 6.22. The first kappa shape index (κ1) is 25.1. The Bertz CT molecular complexity index is 1210. The molecule has 0 bridgehead atoms. The van der Waals surface area contributed by atoms with E-state index in [1.807, 2.05) is 12.1 Å². The van der Waals surface area contributed by atoms with Gasteiger partial charge in [0.15, 0.2) is 11.5 Å². The molecule has 1 aromatic heterocycles. The monoisotopic (exact) mass is 505 g/mol. The summed E-state index contributed by atoms with van der Waals surface area (Å²) in [4.78, 5) is 23.7. The highest BCUT2D eigenvalue weighted by Crippen LogP contribution is 2.36. The second kappa shape index (κ2) is 11.6. The van der Waals surface area contributed by atoms with Crippen molar-refractivity contribution in [3.63, 3.8) is 0 Å². The van der Waals surface area contributed by atoms with Gasteiger partial charge in [-0.15, -0.1) is 0 Å². The second-order valence-electron chi connectivity index (χ2n) is 9.88. The van der Waals surface area contributed by atoms with Gasteiger partial charge in [0.25, 0.3) is 0 Å². The van der Waals surface area contributed by atoms with Gasteiger partial charge in [0.05, 0.1) is 25.1 Å². The number of likely N-dealkylation sites (tertiary alicyclic amines) is 1. The molecule has 0 spiro atoms. The second-order valence-corrected chi connectivity index (χ2v) is 9.88. The Labute approximate surface area is 217 Å². The summed E-state index contributed by atoms with van der Waals surface area (Å²) >= 11 is 0. The molecular weight excluding hydrogens is 470 g/mol. The summed E-state index contributed by atoms with van der Waals surface area (Å²) in [5.74, 6) is 2.98. The maximum atomic E-state index is 12.6. The average molecular weight is 506 g/mol. The van der Waals surface area contributed by atoms with Crippen molar-refractivity contribution in [2.45, 2.75) is 44.6 Å². The van der Waals surface area contributed by atoms with E-state index in [1.165, 1.54) is 45.0 Å². The predicted octanol–water partition coefficient (Wildman–Crippen LogP) is 5.22. The Kier molecular flexibility index (Phi) is 7.89. The van der Waals surface area contributed by atoms with Crippen LogP contribution in [0.15, 0.2) is 42.7 Å². The summed E-state index contributed by atoms with van der Waals surface area (Å²) in [5, 5.41) is 6.77. The van der Waals surface area contributed by atoms with Gasteiger partial charge in [0.1, 0.15) is 12.1 Å². The highest BCUT2D eigenvalue weighted by Gasteiger charge is 2.26. The molecule has 2 heterocycles. The first-order chi connectivity index (χ1) is 18.1. The third-order valence-corrected chi connectivity index (χ3v) is 7.28. The zero-order chi connectivity index (χ0) is 25.6. The van der Waals surface area contributed by atoms with E-state index in [0.717, 1.165) is 25.4 Å². The van der Waals surface area contributed by atoms with Gasteiger partial charge in [0.2, 0.25) is 5.88 Å². The van der Waals surface area contributed by atoms with E-state index in [1.54, 1.807) is 38.5 Å². The number of carbonyl (C=O) groups excluding carboxylic acids is 1. The van der Waals surface area contributed by atoms with Crippen molar-refractivity contribution < 1.29 is 19.0 Å². The SMILES string of the molecule is COc1cc2ncnc(Oc3ccc(NC(=O)NC4CCN(CC5CCCCC5)C4)cc3)c2cc1OC. The number of nitrogens with one attached hydrogen (secondary N) is 2. The normalized spacial score (nSPS) is 18.5. The summed E-state index contributed by atoms with van der Waals surface area (Å²) < 4.78 is 16.8. The Morgan fingerprint density at radius 1 is 1.00 bits per heavy atom. The smallest absolute Gasteiger partial charge is 0.319 e. The molecule has 2 amide bonds. The van der Waals surface area contributed by atoms with E-state index < -0.39 is 0 Å². The molecule has 2 N–H and O–H groups in total. The summed E-state index contributed by atoms with van der Waals surface area (Å²) in [6.45, 7) is 3.16. The van der Waals surface area contributed by atoms with Crippen molar-refractivity contribution in [2.75, 3.05) is 39.2 Å². The van der Waals surface area contributed by atoms with Crippen molar-refractivity contribution in [3.8, 4) is 23.1 Å². The molecule has 9 heteroatoms. The molecule has 196 valence electrons. The Morgan fingerprint density at radius 2 is 1.76 bits per heavy atom. The highest BCUT2D eigenvalue weighted by atomic mass is 16.5. The van der Waals surface area contributed by atoms with Crippen molar-refractivity contribution in [1.29, 1.82) is 0 Å². The number of carbonyl (C=O) groups is 1. The molecule has 2 aromatic carbocycles. The summed E-state index contributed by atoms with van der Waals surface area (Å²) in [6.07, 6.45) is 9.27. The minimum Gasteiger partial charge on any atom is -0.493 e. The van der Waals surface area contributed by atoms with Crippen LogP contribution in [0.4, 0.5) is 10.5 Å². The number of hydrogen-bond acceptors (Lipinski definition) is 7. The average Bonchev–Trinajstić information content (AvgIpc) is 3.36. The van der Waals surface area contributed by atoms with E-state index >= 15 is 0 Å². The number of aromatic nitrogens is 2. The van der Waals surface area contributed by atoms with Gasteiger partial charge in [-0.3, -0.25) is 0 Å². The number of fused-ring (bicyclic) bond motifs is 1. The molecule has 0 radical (unpaired) electrons. The number of urea groups is 1. The standard InChI is InChI=1S/C28H35N5O4/c1-35-25-14-23-24(15-26(25)36-2)29-18-30-27(23)37-22-10-8-20(9-11-22)31-28(34)32-21-12-13-33(17-21)16-19-6-4-3-5-7-19/h8-11,14-15,18-19,21H,3-7,12-13,16-17H2,1-2H3,(H2,31,32,34). The van der Waals surface area contributed by atoms with E-state index in [2.05, 4.69) is 25.5 Å². The van der Waals surface area contributed by atoms with Crippen molar-refractivity contribution >= 4 is 22.6 Å². The maximum Gasteiger partial charge on any atom is 0.319 e. The van der Waals surface area contributed by atoms with E-state index in [9.17, 15) is 4.79 Å². The molecule has 1 atom stereocenters. The van der Waals surface area contributed by atoms with Crippen LogP contribution in [0.3, 0.4) is 0 Å². The summed E-state index contributed by atoms with van der Waals surface area (Å²) in [6, 6.07) is 10.8. The maximum absolute atomic E-state index is 12.6. The van der Waals surface area contributed by atoms with Gasteiger partial charge < -0.3 is 29.7 Å². The molecule has 2 fully saturated rings. The molecule has 1 saturated carbocycles. The molecule has 37 heavy (non-hydrogen) atoms. The molecule has 1 unspecified atom stereocenters. The number of anilines is 1. The lowest BCUT2D eigenvalue weighted by Gasteiger charge is -2.26. The lowest BCUT2D eigenvalue weighted by atomic mass is 9.89. The van der Waals surface area contributed by atoms with Crippen LogP contribution < -0.4 is 24.8 Å². The van der Waals surface area contributed by atoms with Gasteiger partial charge in [0, 0.05) is 37.4 Å². The number of nitrogens with zero attached hydrogens (tertiary/aromatic N) is 3. The van der Waals surface area contributed by atoms with Gasteiger partial charge >= 0.3 is 6.03 Å². The lowest BCUT2D eigenvalue weighted by Crippen LogP contribution is -2.40. The zero-order valence-corrected chi connectivity index (χ0v) is 21.5. The summed E-state index contributed by atoms with van der Waals surface area (Å²) in [5.41, 5.74) is 1.38. The minimum atomic E-state index is -0.180. The predicted molar refractivity (Wildman–Crippen MR) is 143 cm³/mol. The van der Waals surface area contributed by atoms with Crippen LogP contribution in [0.25, 0.3) is 10.9 Å². The van der Waals surface area contributed by atoms with Crippen LogP contribution in [0, 0.1) is 5.92 Å². The van der Waals surface area contributed by atoms with Crippen LogP contribution in [-0.2, 0) is 0 Å². The first-order valence-corrected chi connectivity index (χ1v) is 13.1. The van der Waals surface area contributed by atoms with Crippen LogP contribution >= 0.6 is 0 Å². The molecule has 1 saturated heterocycles. The van der Waals surface area contributed by atoms with E-state index in [4.69, 9.17) is 14.2 Å². The fraction of sp³-hybridized carbons (Fsp3) is 0.464. The van der Waals surface area contributed by atoms with E-state index in [0.29, 0.717) is 39.7 Å². The van der Waals surface area contributed by atoms with Crippen LogP contribution in [-0.4, -0.2) is 60.8 Å². The van der Waals surface area contributed by atoms with Crippen molar-refractivity contribution in [1.82, 2.24) is 20.2 Å². The van der Waals surface area contributed by atoms with Gasteiger partial charge in [-0.1, -0.05) is 19.3 Å². The van der Waals surface area contributed by atoms with E-state index in [-0.39, 0.29) is 12.1 Å². The molecule has 3 aromatic rings. The Hall–Kier alpha value is -3.59. The Balaban J connectivity index is 1.15. The molecule has 2 aliphatic rings. The summed E-state index contributed by atoms with van der Waals surface area (Å²) in [7, 11) is 3.16. The highest BCUT2D eigenvalue weighted by molar-refractivity contribution is 5.89. The quantitative estimate of drug-likeness (QED) is 0.433. The Morgan fingerprint density at radius 3 is 2.51 bits per heavy atom. The minimum absolute atomic E-state index is 0.180. The van der Waals surface area contributed by atoms with Gasteiger partial charge in [-0.05, 0) is 55.5 Å². The number of ether oxygens (including phenoxy) is 3.